The first-order valence-electron chi connectivity index (χ1n) is 12.5. The second-order valence-electron chi connectivity index (χ2n) is 9.71. The number of carbonyl (C=O) groups is 1. The highest BCUT2D eigenvalue weighted by molar-refractivity contribution is 5.94. The Morgan fingerprint density at radius 1 is 0.971 bits per heavy atom. The Bertz CT molecular complexity index is 1090. The Morgan fingerprint density at radius 3 is 2.44 bits per heavy atom. The number of aromatic nitrogens is 2. The van der Waals surface area contributed by atoms with Crippen LogP contribution in [0.2, 0.25) is 0 Å². The zero-order valence-electron chi connectivity index (χ0n) is 20.8. The third kappa shape index (κ3) is 6.11. The van der Waals surface area contributed by atoms with Crippen LogP contribution in [-0.2, 0) is 6.54 Å². The largest absolute Gasteiger partial charge is 0.369 e. The molecule has 0 radical (unpaired) electrons. The summed E-state index contributed by atoms with van der Waals surface area (Å²) in [4.78, 5) is 26.5. The van der Waals surface area contributed by atoms with Gasteiger partial charge in [0.2, 0.25) is 0 Å². The van der Waals surface area contributed by atoms with Gasteiger partial charge in [0, 0.05) is 24.5 Å². The van der Waals surface area contributed by atoms with E-state index in [2.05, 4.69) is 36.4 Å². The lowest BCUT2D eigenvalue weighted by Crippen LogP contribution is -2.27. The number of carbonyl (C=O) groups excluding carboxylic acids is 1. The fourth-order valence-corrected chi connectivity index (χ4v) is 4.77. The van der Waals surface area contributed by atoms with Crippen LogP contribution in [0.5, 0.6) is 0 Å². The summed E-state index contributed by atoms with van der Waals surface area (Å²) in [5, 5.41) is 4.48. The third-order valence-corrected chi connectivity index (χ3v) is 6.68. The highest BCUT2D eigenvalue weighted by Gasteiger charge is 2.18. The van der Waals surface area contributed by atoms with Crippen LogP contribution in [-0.4, -0.2) is 59.9 Å². The molecule has 1 aliphatic rings. The summed E-state index contributed by atoms with van der Waals surface area (Å²) in [5.74, 6) is 2.11. The summed E-state index contributed by atoms with van der Waals surface area (Å²) >= 11 is 0. The van der Waals surface area contributed by atoms with Crippen LogP contribution in [0.1, 0.15) is 66.2 Å². The van der Waals surface area contributed by atoms with Gasteiger partial charge in [0.25, 0.3) is 5.91 Å². The molecule has 0 aliphatic heterocycles. The molecule has 2 aromatic carbocycles. The molecule has 0 spiro atoms. The molecule has 1 heterocycles. The molecule has 6 nitrogen and oxygen atoms in total. The van der Waals surface area contributed by atoms with Gasteiger partial charge in [-0.3, -0.25) is 4.79 Å². The minimum Gasteiger partial charge on any atom is -0.369 e. The summed E-state index contributed by atoms with van der Waals surface area (Å²) in [5.41, 5.74) is 2.96. The Hall–Kier alpha value is -2.99. The monoisotopic (exact) mass is 459 g/mol. The highest BCUT2D eigenvalue weighted by Crippen LogP contribution is 2.32. The van der Waals surface area contributed by atoms with Gasteiger partial charge in [-0.15, -0.1) is 0 Å². The Morgan fingerprint density at radius 2 is 1.71 bits per heavy atom. The third-order valence-electron chi connectivity index (χ3n) is 6.68. The minimum atomic E-state index is -0.00700. The molecule has 3 aromatic rings. The standard InChI is InChI=1S/C28H37N5O/c1-32(2)19-9-18-29-27-24-12-7-8-13-25(24)30-26(31-27)20-33(3)28(34)23-16-14-22(15-17-23)21-10-5-4-6-11-21/h7-8,12-17,21H,4-6,9-11,18-20H2,1-3H3,(H,29,30,31). The summed E-state index contributed by atoms with van der Waals surface area (Å²) in [6.45, 7) is 2.21. The maximum absolute atomic E-state index is 13.1. The topological polar surface area (TPSA) is 61.4 Å². The second kappa shape index (κ2) is 11.4. The molecule has 1 fully saturated rings. The lowest BCUT2D eigenvalue weighted by atomic mass is 9.84. The van der Waals surface area contributed by atoms with E-state index in [-0.39, 0.29) is 5.91 Å². The van der Waals surface area contributed by atoms with Crippen molar-refractivity contribution in [3.63, 3.8) is 0 Å². The van der Waals surface area contributed by atoms with Crippen molar-refractivity contribution in [3.05, 3.63) is 65.5 Å². The van der Waals surface area contributed by atoms with Gasteiger partial charge in [-0.2, -0.15) is 0 Å². The smallest absolute Gasteiger partial charge is 0.254 e. The number of fused-ring (bicyclic) bond motifs is 1. The SMILES string of the molecule is CN(C)CCCNc1nc(CN(C)C(=O)c2ccc(C3CCCCC3)cc2)nc2ccccc12. The molecule has 0 bridgehead atoms. The van der Waals surface area contributed by atoms with E-state index in [4.69, 9.17) is 9.97 Å². The number of amides is 1. The minimum absolute atomic E-state index is 0.00700. The van der Waals surface area contributed by atoms with Crippen LogP contribution in [0, 0.1) is 0 Å². The number of benzene rings is 2. The predicted octanol–water partition coefficient (Wildman–Crippen LogP) is 5.31. The number of anilines is 1. The Labute approximate surface area is 203 Å². The number of hydrogen-bond donors (Lipinski definition) is 1. The van der Waals surface area contributed by atoms with Gasteiger partial charge in [0.1, 0.15) is 5.82 Å². The van der Waals surface area contributed by atoms with Gasteiger partial charge in [-0.1, -0.05) is 43.5 Å². The molecule has 180 valence electrons. The number of nitrogens with zero attached hydrogens (tertiary/aromatic N) is 4. The van der Waals surface area contributed by atoms with E-state index in [9.17, 15) is 4.79 Å². The number of rotatable bonds is 9. The van der Waals surface area contributed by atoms with Crippen molar-refractivity contribution in [2.75, 3.05) is 39.5 Å². The van der Waals surface area contributed by atoms with Crippen molar-refractivity contribution in [3.8, 4) is 0 Å². The first-order chi connectivity index (χ1) is 16.5. The van der Waals surface area contributed by atoms with E-state index in [1.807, 2.05) is 43.4 Å². The zero-order chi connectivity index (χ0) is 23.9. The van der Waals surface area contributed by atoms with Crippen molar-refractivity contribution >= 4 is 22.6 Å². The molecule has 6 heteroatoms. The molecule has 0 atom stereocenters. The van der Waals surface area contributed by atoms with Crippen molar-refractivity contribution in [1.82, 2.24) is 19.8 Å². The fourth-order valence-electron chi connectivity index (χ4n) is 4.77. The van der Waals surface area contributed by atoms with Crippen molar-refractivity contribution < 1.29 is 4.79 Å². The van der Waals surface area contributed by atoms with Gasteiger partial charge in [0.05, 0.1) is 12.1 Å². The van der Waals surface area contributed by atoms with Gasteiger partial charge in [0.15, 0.2) is 5.82 Å². The predicted molar refractivity (Wildman–Crippen MR) is 139 cm³/mol. The zero-order valence-corrected chi connectivity index (χ0v) is 20.8. The first kappa shape index (κ1) is 24.1. The molecule has 1 aromatic heterocycles. The maximum Gasteiger partial charge on any atom is 0.254 e. The first-order valence-corrected chi connectivity index (χ1v) is 12.5. The van der Waals surface area contributed by atoms with Gasteiger partial charge < -0.3 is 15.1 Å². The van der Waals surface area contributed by atoms with E-state index in [1.165, 1.54) is 37.7 Å². The summed E-state index contributed by atoms with van der Waals surface area (Å²) in [6.07, 6.45) is 7.52. The summed E-state index contributed by atoms with van der Waals surface area (Å²) < 4.78 is 0. The molecule has 1 saturated carbocycles. The van der Waals surface area contributed by atoms with Crippen LogP contribution in [0.25, 0.3) is 10.9 Å². The molecular formula is C28H37N5O. The molecular weight excluding hydrogens is 422 g/mol. The van der Waals surface area contributed by atoms with Crippen LogP contribution in [0.3, 0.4) is 0 Å². The average molecular weight is 460 g/mol. The van der Waals surface area contributed by atoms with Gasteiger partial charge in [-0.05, 0) is 75.6 Å². The van der Waals surface area contributed by atoms with Gasteiger partial charge >= 0.3 is 0 Å². The van der Waals surface area contributed by atoms with E-state index >= 15 is 0 Å². The van der Waals surface area contributed by atoms with Crippen molar-refractivity contribution in [2.45, 2.75) is 51.0 Å². The lowest BCUT2D eigenvalue weighted by molar-refractivity contribution is 0.0781. The quantitative estimate of drug-likeness (QED) is 0.439. The molecule has 1 amide bonds. The molecule has 1 aliphatic carbocycles. The lowest BCUT2D eigenvalue weighted by Gasteiger charge is -2.22. The van der Waals surface area contributed by atoms with Crippen molar-refractivity contribution in [1.29, 1.82) is 0 Å². The maximum atomic E-state index is 13.1. The summed E-state index contributed by atoms with van der Waals surface area (Å²) in [7, 11) is 5.98. The van der Waals surface area contributed by atoms with Crippen LogP contribution >= 0.6 is 0 Å². The summed E-state index contributed by atoms with van der Waals surface area (Å²) in [6, 6.07) is 16.2. The van der Waals surface area contributed by atoms with E-state index in [1.54, 1.807) is 4.90 Å². The molecule has 34 heavy (non-hydrogen) atoms. The van der Waals surface area contributed by atoms with Crippen LogP contribution in [0.15, 0.2) is 48.5 Å². The van der Waals surface area contributed by atoms with Crippen molar-refractivity contribution in [2.24, 2.45) is 0 Å². The van der Waals surface area contributed by atoms with Gasteiger partial charge in [-0.25, -0.2) is 9.97 Å². The molecule has 0 unspecified atom stereocenters. The average Bonchev–Trinajstić information content (AvgIpc) is 2.86. The Balaban J connectivity index is 1.45. The number of nitrogens with one attached hydrogen (secondary N) is 1. The molecule has 1 N–H and O–H groups in total. The number of para-hydroxylation sites is 1. The van der Waals surface area contributed by atoms with Crippen LogP contribution in [0.4, 0.5) is 5.82 Å². The fraction of sp³-hybridized carbons (Fsp3) is 0.464. The number of hydrogen-bond acceptors (Lipinski definition) is 5. The Kier molecular flexibility index (Phi) is 8.12. The molecule has 4 rings (SSSR count). The van der Waals surface area contributed by atoms with Crippen LogP contribution < -0.4 is 5.32 Å². The second-order valence-corrected chi connectivity index (χ2v) is 9.71. The highest BCUT2D eigenvalue weighted by atomic mass is 16.2. The van der Waals surface area contributed by atoms with E-state index in [0.29, 0.717) is 23.9 Å². The molecule has 0 saturated heterocycles. The van der Waals surface area contributed by atoms with E-state index in [0.717, 1.165) is 36.2 Å². The van der Waals surface area contributed by atoms with E-state index < -0.39 is 0 Å². The normalized spacial score (nSPS) is 14.5.